The van der Waals surface area contributed by atoms with Crippen molar-refractivity contribution in [3.63, 3.8) is 0 Å². The highest BCUT2D eigenvalue weighted by atomic mass is 32.2. The second-order valence-corrected chi connectivity index (χ2v) is 8.05. The maximum absolute atomic E-state index is 12.6. The molecule has 2 rings (SSSR count). The number of carbonyl (C=O) groups excluding carboxylic acids is 1. The zero-order valence-corrected chi connectivity index (χ0v) is 15.5. The molecule has 0 saturated carbocycles. The fraction of sp³-hybridized carbons (Fsp3) is 0.667. The SMILES string of the molecule is CCN(CC(=O)O)C(=O)C1CCN(S(=O)(=O)c2cn(C)c(C)n2)CC1. The Balaban J connectivity index is 2.03. The third kappa shape index (κ3) is 4.18. The average Bonchev–Trinajstić information content (AvgIpc) is 2.92. The molecule has 0 radical (unpaired) electrons. The quantitative estimate of drug-likeness (QED) is 0.756. The Morgan fingerprint density at radius 2 is 1.96 bits per heavy atom. The number of hydrogen-bond acceptors (Lipinski definition) is 5. The molecule has 1 fully saturated rings. The van der Waals surface area contributed by atoms with Crippen molar-refractivity contribution in [1.82, 2.24) is 18.8 Å². The Morgan fingerprint density at radius 1 is 1.36 bits per heavy atom. The van der Waals surface area contributed by atoms with Gasteiger partial charge in [-0.2, -0.15) is 4.31 Å². The normalized spacial score (nSPS) is 16.8. The van der Waals surface area contributed by atoms with Crippen molar-refractivity contribution < 1.29 is 23.1 Å². The predicted octanol–water partition coefficient (Wildman–Crippen LogP) is 0.0623. The molecule has 0 spiro atoms. The van der Waals surface area contributed by atoms with E-state index in [1.807, 2.05) is 0 Å². The van der Waals surface area contributed by atoms with Crippen molar-refractivity contribution in [2.75, 3.05) is 26.2 Å². The lowest BCUT2D eigenvalue weighted by Crippen LogP contribution is -2.45. The molecule has 0 aromatic carbocycles. The van der Waals surface area contributed by atoms with Crippen molar-refractivity contribution in [2.24, 2.45) is 13.0 Å². The standard InChI is InChI=1S/C15H24N4O5S/c1-4-18(10-14(20)21)15(22)12-5-7-19(8-6-12)25(23,24)13-9-17(3)11(2)16-13/h9,12H,4-8,10H2,1-3H3,(H,20,21). The summed E-state index contributed by atoms with van der Waals surface area (Å²) >= 11 is 0. The van der Waals surface area contributed by atoms with Gasteiger partial charge >= 0.3 is 5.97 Å². The van der Waals surface area contributed by atoms with Crippen LogP contribution in [0.5, 0.6) is 0 Å². The Bertz CT molecular complexity index is 730. The van der Waals surface area contributed by atoms with Crippen LogP contribution < -0.4 is 0 Å². The van der Waals surface area contributed by atoms with Crippen LogP contribution in [0.25, 0.3) is 0 Å². The molecular formula is C15H24N4O5S. The minimum Gasteiger partial charge on any atom is -0.480 e. The van der Waals surface area contributed by atoms with Gasteiger partial charge in [0.1, 0.15) is 12.4 Å². The third-order valence-electron chi connectivity index (χ3n) is 4.51. The smallest absolute Gasteiger partial charge is 0.323 e. The van der Waals surface area contributed by atoms with Crippen molar-refractivity contribution >= 4 is 21.9 Å². The van der Waals surface area contributed by atoms with Crippen LogP contribution in [0.3, 0.4) is 0 Å². The topological polar surface area (TPSA) is 113 Å². The number of piperidine rings is 1. The Morgan fingerprint density at radius 3 is 2.40 bits per heavy atom. The van der Waals surface area contributed by atoms with E-state index >= 15 is 0 Å². The first-order chi connectivity index (χ1) is 11.7. The van der Waals surface area contributed by atoms with E-state index in [9.17, 15) is 18.0 Å². The van der Waals surface area contributed by atoms with E-state index in [-0.39, 0.29) is 36.5 Å². The molecule has 1 aromatic rings. The molecule has 1 aliphatic rings. The number of aryl methyl sites for hydroxylation is 2. The molecular weight excluding hydrogens is 348 g/mol. The third-order valence-corrected chi connectivity index (χ3v) is 6.28. The first kappa shape index (κ1) is 19.4. The molecule has 25 heavy (non-hydrogen) atoms. The van der Waals surface area contributed by atoms with Crippen LogP contribution in [0.1, 0.15) is 25.6 Å². The predicted molar refractivity (Wildman–Crippen MR) is 89.3 cm³/mol. The minimum absolute atomic E-state index is 0.0124. The number of carboxylic acid groups (broad SMARTS) is 1. The highest BCUT2D eigenvalue weighted by molar-refractivity contribution is 7.89. The first-order valence-electron chi connectivity index (χ1n) is 8.17. The molecule has 1 amide bonds. The summed E-state index contributed by atoms with van der Waals surface area (Å²) in [5, 5.41) is 8.88. The van der Waals surface area contributed by atoms with Gasteiger partial charge in [0.05, 0.1) is 0 Å². The van der Waals surface area contributed by atoms with Crippen LogP contribution >= 0.6 is 0 Å². The van der Waals surface area contributed by atoms with Crippen LogP contribution in [0.2, 0.25) is 0 Å². The van der Waals surface area contributed by atoms with Crippen molar-refractivity contribution in [1.29, 1.82) is 0 Å². The molecule has 0 unspecified atom stereocenters. The summed E-state index contributed by atoms with van der Waals surface area (Å²) in [6, 6.07) is 0. The molecule has 1 aromatic heterocycles. The number of sulfonamides is 1. The van der Waals surface area contributed by atoms with Crippen LogP contribution in [-0.4, -0.2) is 70.3 Å². The van der Waals surface area contributed by atoms with E-state index < -0.39 is 16.0 Å². The van der Waals surface area contributed by atoms with Gasteiger partial charge in [-0.15, -0.1) is 0 Å². The number of carboxylic acids is 1. The second-order valence-electron chi connectivity index (χ2n) is 6.16. The van der Waals surface area contributed by atoms with Crippen molar-refractivity contribution in [3.8, 4) is 0 Å². The molecule has 0 atom stereocenters. The number of aliphatic carboxylic acids is 1. The molecule has 0 bridgehead atoms. The fourth-order valence-corrected chi connectivity index (χ4v) is 4.39. The molecule has 9 nitrogen and oxygen atoms in total. The van der Waals surface area contributed by atoms with Crippen molar-refractivity contribution in [2.45, 2.75) is 31.7 Å². The number of nitrogens with zero attached hydrogens (tertiary/aromatic N) is 4. The number of aromatic nitrogens is 2. The average molecular weight is 372 g/mol. The molecule has 140 valence electrons. The highest BCUT2D eigenvalue weighted by Crippen LogP contribution is 2.24. The number of carbonyl (C=O) groups is 2. The molecule has 1 saturated heterocycles. The second kappa shape index (κ2) is 7.52. The molecule has 1 N–H and O–H groups in total. The van der Waals surface area contributed by atoms with Gasteiger partial charge in [-0.25, -0.2) is 13.4 Å². The van der Waals surface area contributed by atoms with Gasteiger partial charge in [-0.1, -0.05) is 0 Å². The van der Waals surface area contributed by atoms with Gasteiger partial charge in [0, 0.05) is 38.8 Å². The Hall–Kier alpha value is -1.94. The van der Waals surface area contributed by atoms with E-state index in [1.165, 1.54) is 15.4 Å². The zero-order valence-electron chi connectivity index (χ0n) is 14.7. The molecule has 0 aliphatic carbocycles. The summed E-state index contributed by atoms with van der Waals surface area (Å²) < 4.78 is 28.3. The highest BCUT2D eigenvalue weighted by Gasteiger charge is 2.35. The first-order valence-corrected chi connectivity index (χ1v) is 9.61. The maximum atomic E-state index is 12.6. The van der Waals surface area contributed by atoms with Crippen molar-refractivity contribution in [3.05, 3.63) is 12.0 Å². The van der Waals surface area contributed by atoms with Gasteiger partial charge in [-0.05, 0) is 26.7 Å². The van der Waals surface area contributed by atoms with Gasteiger partial charge in [-0.3, -0.25) is 9.59 Å². The summed E-state index contributed by atoms with van der Waals surface area (Å²) in [5.41, 5.74) is 0. The van der Waals surface area contributed by atoms with E-state index in [2.05, 4.69) is 4.98 Å². The number of likely N-dealkylation sites (N-methyl/N-ethyl adjacent to an activating group) is 1. The van der Waals surface area contributed by atoms with E-state index in [1.54, 1.807) is 25.5 Å². The van der Waals surface area contributed by atoms with Crippen LogP contribution in [0.15, 0.2) is 11.2 Å². The van der Waals surface area contributed by atoms with E-state index in [0.29, 0.717) is 25.2 Å². The lowest BCUT2D eigenvalue weighted by Gasteiger charge is -2.32. The van der Waals surface area contributed by atoms with Crippen LogP contribution in [-0.2, 0) is 26.7 Å². The summed E-state index contributed by atoms with van der Waals surface area (Å²) in [6.45, 7) is 3.88. The minimum atomic E-state index is -3.68. The summed E-state index contributed by atoms with van der Waals surface area (Å²) in [6.07, 6.45) is 2.23. The van der Waals surface area contributed by atoms with Gasteiger partial charge in [0.2, 0.25) is 5.91 Å². The van der Waals surface area contributed by atoms with E-state index in [0.717, 1.165) is 0 Å². The zero-order chi connectivity index (χ0) is 18.8. The number of hydrogen-bond donors (Lipinski definition) is 1. The Labute approximate surface area is 147 Å². The van der Waals surface area contributed by atoms with Gasteiger partial charge < -0.3 is 14.6 Å². The summed E-state index contributed by atoms with van der Waals surface area (Å²) in [7, 11) is -1.95. The molecule has 1 aliphatic heterocycles. The lowest BCUT2D eigenvalue weighted by atomic mass is 9.96. The molecule has 10 heteroatoms. The summed E-state index contributed by atoms with van der Waals surface area (Å²) in [4.78, 5) is 28.6. The monoisotopic (exact) mass is 372 g/mol. The van der Waals surface area contributed by atoms with Crippen LogP contribution in [0.4, 0.5) is 0 Å². The summed E-state index contributed by atoms with van der Waals surface area (Å²) in [5.74, 6) is -1.02. The fourth-order valence-electron chi connectivity index (χ4n) is 2.89. The number of amides is 1. The van der Waals surface area contributed by atoms with Gasteiger partial charge in [0.15, 0.2) is 5.03 Å². The number of imidazole rings is 1. The van der Waals surface area contributed by atoms with E-state index in [4.69, 9.17) is 5.11 Å². The maximum Gasteiger partial charge on any atom is 0.323 e. The van der Waals surface area contributed by atoms with Gasteiger partial charge in [0.25, 0.3) is 10.0 Å². The van der Waals surface area contributed by atoms with Crippen LogP contribution in [0, 0.1) is 12.8 Å². The Kier molecular flexibility index (Phi) is 5.83. The largest absolute Gasteiger partial charge is 0.480 e. The lowest BCUT2D eigenvalue weighted by molar-refractivity contribution is -0.146. The number of rotatable bonds is 6. The molecule has 2 heterocycles.